The van der Waals surface area contributed by atoms with E-state index in [0.717, 1.165) is 17.1 Å². The molecule has 4 nitrogen and oxygen atoms in total. The first-order valence-electron chi connectivity index (χ1n) is 6.13. The Bertz CT molecular complexity index is 454. The first-order chi connectivity index (χ1) is 8.49. The highest BCUT2D eigenvalue weighted by molar-refractivity contribution is 5.73. The van der Waals surface area contributed by atoms with Crippen LogP contribution < -0.4 is 14.8 Å². The molecule has 0 bridgehead atoms. The molecule has 1 aliphatic heterocycles. The smallest absolute Gasteiger partial charge is 0.216 e. The van der Waals surface area contributed by atoms with Crippen molar-refractivity contribution in [2.24, 2.45) is 0 Å². The van der Waals surface area contributed by atoms with Crippen molar-refractivity contribution in [2.75, 3.05) is 19.8 Å². The zero-order valence-corrected chi connectivity index (χ0v) is 11.1. The quantitative estimate of drug-likeness (QED) is 0.889. The van der Waals surface area contributed by atoms with Crippen LogP contribution in [0.1, 0.15) is 26.3 Å². The molecule has 0 radical (unpaired) electrons. The summed E-state index contributed by atoms with van der Waals surface area (Å²) in [4.78, 5) is 11.0. The van der Waals surface area contributed by atoms with Gasteiger partial charge in [-0.2, -0.15) is 0 Å². The number of fused-ring (bicyclic) bond motifs is 1. The summed E-state index contributed by atoms with van der Waals surface area (Å²) in [6, 6.07) is 5.95. The van der Waals surface area contributed by atoms with E-state index in [1.54, 1.807) is 0 Å². The van der Waals surface area contributed by atoms with Crippen molar-refractivity contribution in [3.05, 3.63) is 23.8 Å². The van der Waals surface area contributed by atoms with Crippen molar-refractivity contribution in [1.29, 1.82) is 0 Å². The molecule has 0 aromatic heterocycles. The van der Waals surface area contributed by atoms with Crippen molar-refractivity contribution in [3.8, 4) is 11.5 Å². The number of amides is 1. The molecule has 0 saturated carbocycles. The van der Waals surface area contributed by atoms with Crippen LogP contribution in [0.15, 0.2) is 18.2 Å². The Balaban J connectivity index is 2.19. The predicted molar refractivity (Wildman–Crippen MR) is 69.1 cm³/mol. The molecule has 1 aromatic rings. The van der Waals surface area contributed by atoms with Crippen LogP contribution in [0.5, 0.6) is 11.5 Å². The minimum Gasteiger partial charge on any atom is -0.486 e. The van der Waals surface area contributed by atoms with E-state index in [9.17, 15) is 4.79 Å². The molecule has 2 rings (SSSR count). The van der Waals surface area contributed by atoms with Gasteiger partial charge in [-0.15, -0.1) is 0 Å². The summed E-state index contributed by atoms with van der Waals surface area (Å²) in [7, 11) is 0. The molecule has 0 spiro atoms. The van der Waals surface area contributed by atoms with E-state index in [-0.39, 0.29) is 11.3 Å². The lowest BCUT2D eigenvalue weighted by Gasteiger charge is -2.27. The molecule has 1 aliphatic rings. The number of hydrogen-bond acceptors (Lipinski definition) is 3. The number of ether oxygens (including phenoxy) is 2. The zero-order valence-electron chi connectivity index (χ0n) is 11.1. The van der Waals surface area contributed by atoms with Gasteiger partial charge in [0.2, 0.25) is 5.91 Å². The van der Waals surface area contributed by atoms with Crippen molar-refractivity contribution in [2.45, 2.75) is 26.2 Å². The highest BCUT2D eigenvalue weighted by atomic mass is 16.6. The van der Waals surface area contributed by atoms with E-state index in [2.05, 4.69) is 19.2 Å². The van der Waals surface area contributed by atoms with Crippen LogP contribution in [0.2, 0.25) is 0 Å². The first kappa shape index (κ1) is 12.7. The van der Waals surface area contributed by atoms with E-state index < -0.39 is 0 Å². The maximum Gasteiger partial charge on any atom is 0.216 e. The van der Waals surface area contributed by atoms with Crippen molar-refractivity contribution in [1.82, 2.24) is 5.32 Å². The van der Waals surface area contributed by atoms with Crippen LogP contribution in [0, 0.1) is 0 Å². The molecular weight excluding hydrogens is 230 g/mol. The molecule has 1 amide bonds. The number of nitrogens with one attached hydrogen (secondary N) is 1. The molecule has 0 unspecified atom stereocenters. The van der Waals surface area contributed by atoms with Gasteiger partial charge in [0.05, 0.1) is 0 Å². The van der Waals surface area contributed by atoms with Gasteiger partial charge >= 0.3 is 0 Å². The summed E-state index contributed by atoms with van der Waals surface area (Å²) < 4.78 is 11.1. The Labute approximate surface area is 107 Å². The van der Waals surface area contributed by atoms with Crippen LogP contribution in [-0.4, -0.2) is 25.7 Å². The summed E-state index contributed by atoms with van der Waals surface area (Å²) in [5, 5.41) is 2.85. The molecule has 0 aliphatic carbocycles. The second-order valence-electron chi connectivity index (χ2n) is 5.15. The number of hydrogen-bond donors (Lipinski definition) is 1. The molecule has 1 heterocycles. The number of carbonyl (C=O) groups is 1. The van der Waals surface area contributed by atoms with Gasteiger partial charge in [0.25, 0.3) is 0 Å². The zero-order chi connectivity index (χ0) is 13.2. The van der Waals surface area contributed by atoms with Crippen LogP contribution >= 0.6 is 0 Å². The van der Waals surface area contributed by atoms with Gasteiger partial charge in [0.1, 0.15) is 13.2 Å². The van der Waals surface area contributed by atoms with Gasteiger partial charge in [-0.1, -0.05) is 19.9 Å². The van der Waals surface area contributed by atoms with Gasteiger partial charge in [-0.25, -0.2) is 0 Å². The third-order valence-corrected chi connectivity index (χ3v) is 3.10. The molecule has 1 N–H and O–H groups in total. The number of carbonyl (C=O) groups excluding carboxylic acids is 1. The van der Waals surface area contributed by atoms with E-state index in [0.29, 0.717) is 19.8 Å². The summed E-state index contributed by atoms with van der Waals surface area (Å²) >= 11 is 0. The summed E-state index contributed by atoms with van der Waals surface area (Å²) in [5.41, 5.74) is 0.988. The van der Waals surface area contributed by atoms with E-state index >= 15 is 0 Å². The maximum atomic E-state index is 11.0. The Hall–Kier alpha value is -1.71. The summed E-state index contributed by atoms with van der Waals surface area (Å²) in [6.45, 7) is 7.49. The van der Waals surface area contributed by atoms with E-state index in [1.807, 2.05) is 18.2 Å². The SMILES string of the molecule is CC(=O)NCC(C)(C)c1ccc2c(c1)OCCO2. The maximum absolute atomic E-state index is 11.0. The van der Waals surface area contributed by atoms with Gasteiger partial charge in [-0.05, 0) is 17.7 Å². The van der Waals surface area contributed by atoms with Gasteiger partial charge < -0.3 is 14.8 Å². The third kappa shape index (κ3) is 2.75. The summed E-state index contributed by atoms with van der Waals surface area (Å²) in [5.74, 6) is 1.57. The number of rotatable bonds is 3. The Kier molecular flexibility index (Phi) is 3.45. The Morgan fingerprint density at radius 2 is 1.94 bits per heavy atom. The number of benzene rings is 1. The lowest BCUT2D eigenvalue weighted by Crippen LogP contribution is -2.35. The molecule has 98 valence electrons. The third-order valence-electron chi connectivity index (χ3n) is 3.10. The molecule has 18 heavy (non-hydrogen) atoms. The normalized spacial score (nSPS) is 14.2. The van der Waals surface area contributed by atoms with Crippen LogP contribution in [0.25, 0.3) is 0 Å². The van der Waals surface area contributed by atoms with Crippen LogP contribution in [0.3, 0.4) is 0 Å². The Morgan fingerprint density at radius 3 is 2.61 bits per heavy atom. The van der Waals surface area contributed by atoms with Crippen molar-refractivity contribution < 1.29 is 14.3 Å². The standard InChI is InChI=1S/C14H19NO3/c1-10(16)15-9-14(2,3)11-4-5-12-13(8-11)18-7-6-17-12/h4-5,8H,6-7,9H2,1-3H3,(H,15,16). The van der Waals surface area contributed by atoms with Crippen LogP contribution in [0.4, 0.5) is 0 Å². The van der Waals surface area contributed by atoms with Gasteiger partial charge in [-0.3, -0.25) is 4.79 Å². The highest BCUT2D eigenvalue weighted by Crippen LogP contribution is 2.34. The van der Waals surface area contributed by atoms with Gasteiger partial charge in [0, 0.05) is 18.9 Å². The van der Waals surface area contributed by atoms with Crippen molar-refractivity contribution >= 4 is 5.91 Å². The second-order valence-corrected chi connectivity index (χ2v) is 5.15. The minimum atomic E-state index is -0.137. The Morgan fingerprint density at radius 1 is 1.28 bits per heavy atom. The van der Waals surface area contributed by atoms with Crippen LogP contribution in [-0.2, 0) is 10.2 Å². The molecule has 0 atom stereocenters. The van der Waals surface area contributed by atoms with Gasteiger partial charge in [0.15, 0.2) is 11.5 Å². The monoisotopic (exact) mass is 249 g/mol. The fourth-order valence-electron chi connectivity index (χ4n) is 1.91. The molecular formula is C14H19NO3. The second kappa shape index (κ2) is 4.88. The first-order valence-corrected chi connectivity index (χ1v) is 6.13. The average Bonchev–Trinajstić information content (AvgIpc) is 2.36. The van der Waals surface area contributed by atoms with E-state index in [4.69, 9.17) is 9.47 Å². The lowest BCUT2D eigenvalue weighted by atomic mass is 9.84. The minimum absolute atomic E-state index is 0.0133. The highest BCUT2D eigenvalue weighted by Gasteiger charge is 2.23. The van der Waals surface area contributed by atoms with E-state index in [1.165, 1.54) is 6.92 Å². The fraction of sp³-hybridized carbons (Fsp3) is 0.500. The summed E-state index contributed by atoms with van der Waals surface area (Å²) in [6.07, 6.45) is 0. The molecule has 0 fully saturated rings. The largest absolute Gasteiger partial charge is 0.486 e. The topological polar surface area (TPSA) is 47.6 Å². The lowest BCUT2D eigenvalue weighted by molar-refractivity contribution is -0.119. The predicted octanol–water partition coefficient (Wildman–Crippen LogP) is 1.87. The molecule has 4 heteroatoms. The fourth-order valence-corrected chi connectivity index (χ4v) is 1.91. The van der Waals surface area contributed by atoms with Crippen molar-refractivity contribution in [3.63, 3.8) is 0 Å². The average molecular weight is 249 g/mol. The molecule has 0 saturated heterocycles. The molecule has 1 aromatic carbocycles.